The van der Waals surface area contributed by atoms with Crippen molar-refractivity contribution in [3.63, 3.8) is 0 Å². The van der Waals surface area contributed by atoms with Crippen LogP contribution in [-0.4, -0.2) is 25.4 Å². The molecule has 2 rings (SSSR count). The molecule has 0 atom stereocenters. The van der Waals surface area contributed by atoms with Crippen molar-refractivity contribution in [2.75, 3.05) is 19.6 Å². The first kappa shape index (κ1) is 10.8. The van der Waals surface area contributed by atoms with Crippen molar-refractivity contribution < 1.29 is 9.69 Å². The Bertz CT molecular complexity index is 411. The first-order chi connectivity index (χ1) is 7.79. The summed E-state index contributed by atoms with van der Waals surface area (Å²) < 4.78 is 0. The Balaban J connectivity index is 2.00. The number of carbonyl (C=O) groups is 1. The van der Waals surface area contributed by atoms with Gasteiger partial charge in [0.05, 0.1) is 24.7 Å². The van der Waals surface area contributed by atoms with Crippen LogP contribution in [0.4, 0.5) is 0 Å². The molecule has 1 aromatic carbocycles. The van der Waals surface area contributed by atoms with E-state index in [1.54, 1.807) is 24.3 Å². The molecule has 0 saturated carbocycles. The third-order valence-electron chi connectivity index (χ3n) is 3.06. The molecule has 0 aromatic heterocycles. The zero-order valence-corrected chi connectivity index (χ0v) is 9.20. The zero-order chi connectivity index (χ0) is 11.4. The van der Waals surface area contributed by atoms with Crippen LogP contribution in [0, 0.1) is 11.3 Å². The number of likely N-dealkylation sites (tertiary alicyclic amines) is 1. The maximum Gasteiger partial charge on any atom is 0.216 e. The maximum atomic E-state index is 11.9. The molecular formula is C13H15N2O+. The van der Waals surface area contributed by atoms with Crippen LogP contribution in [0.1, 0.15) is 28.8 Å². The van der Waals surface area contributed by atoms with Gasteiger partial charge in [-0.2, -0.15) is 5.26 Å². The zero-order valence-electron chi connectivity index (χ0n) is 9.20. The molecule has 0 radical (unpaired) electrons. The summed E-state index contributed by atoms with van der Waals surface area (Å²) in [7, 11) is 0. The number of hydrogen-bond acceptors (Lipinski definition) is 2. The normalized spacial score (nSPS) is 15.9. The summed E-state index contributed by atoms with van der Waals surface area (Å²) in [5.41, 5.74) is 1.32. The number of benzene rings is 1. The third kappa shape index (κ3) is 2.47. The van der Waals surface area contributed by atoms with Crippen molar-refractivity contribution >= 4 is 5.78 Å². The van der Waals surface area contributed by atoms with E-state index < -0.39 is 0 Å². The molecule has 1 aliphatic heterocycles. The minimum atomic E-state index is 0.182. The summed E-state index contributed by atoms with van der Waals surface area (Å²) in [6.07, 6.45) is 2.46. The Morgan fingerprint density at radius 2 is 1.88 bits per heavy atom. The lowest BCUT2D eigenvalue weighted by atomic mass is 10.1. The van der Waals surface area contributed by atoms with Crippen LogP contribution in [0.3, 0.4) is 0 Å². The summed E-state index contributed by atoms with van der Waals surface area (Å²) in [5, 5.41) is 8.66. The van der Waals surface area contributed by atoms with Crippen molar-refractivity contribution in [1.82, 2.24) is 0 Å². The predicted octanol–water partition coefficient (Wildman–Crippen LogP) is 0.420. The predicted molar refractivity (Wildman–Crippen MR) is 60.3 cm³/mol. The first-order valence-electron chi connectivity index (χ1n) is 5.66. The first-order valence-corrected chi connectivity index (χ1v) is 5.66. The summed E-state index contributed by atoms with van der Waals surface area (Å²) in [4.78, 5) is 13.3. The van der Waals surface area contributed by atoms with Gasteiger partial charge in [0, 0.05) is 18.4 Å². The number of nitrogens with one attached hydrogen (secondary N) is 1. The number of ketones is 1. The average molecular weight is 215 g/mol. The molecule has 0 aliphatic carbocycles. The average Bonchev–Trinajstić information content (AvgIpc) is 2.82. The van der Waals surface area contributed by atoms with Crippen LogP contribution in [-0.2, 0) is 0 Å². The number of nitriles is 1. The molecule has 82 valence electrons. The van der Waals surface area contributed by atoms with Crippen LogP contribution in [0.2, 0.25) is 0 Å². The fourth-order valence-corrected chi connectivity index (χ4v) is 2.11. The standard InChI is InChI=1S/C13H14N2O/c14-9-11-3-5-12(6-4-11)13(16)10-15-7-1-2-8-15/h3-6H,1-2,7-8,10H2/p+1. The van der Waals surface area contributed by atoms with Crippen LogP contribution < -0.4 is 4.90 Å². The molecular weight excluding hydrogens is 200 g/mol. The Morgan fingerprint density at radius 1 is 1.25 bits per heavy atom. The van der Waals surface area contributed by atoms with Crippen molar-refractivity contribution in [2.45, 2.75) is 12.8 Å². The fourth-order valence-electron chi connectivity index (χ4n) is 2.11. The van der Waals surface area contributed by atoms with E-state index in [-0.39, 0.29) is 5.78 Å². The molecule has 0 spiro atoms. The molecule has 0 unspecified atom stereocenters. The van der Waals surface area contributed by atoms with E-state index in [1.165, 1.54) is 17.7 Å². The minimum absolute atomic E-state index is 0.182. The second-order valence-corrected chi connectivity index (χ2v) is 4.25. The van der Waals surface area contributed by atoms with Crippen LogP contribution in [0.5, 0.6) is 0 Å². The number of quaternary nitrogens is 1. The van der Waals surface area contributed by atoms with Gasteiger partial charge in [-0.15, -0.1) is 0 Å². The lowest BCUT2D eigenvalue weighted by Crippen LogP contribution is -3.10. The van der Waals surface area contributed by atoms with Crippen LogP contribution >= 0.6 is 0 Å². The van der Waals surface area contributed by atoms with E-state index >= 15 is 0 Å². The Morgan fingerprint density at radius 3 is 2.44 bits per heavy atom. The van der Waals surface area contributed by atoms with Crippen molar-refractivity contribution in [2.24, 2.45) is 0 Å². The number of Topliss-reactive ketones (excluding diaryl/α,β-unsaturated/α-hetero) is 1. The molecule has 1 aromatic rings. The van der Waals surface area contributed by atoms with Crippen LogP contribution in [0.15, 0.2) is 24.3 Å². The van der Waals surface area contributed by atoms with Crippen LogP contribution in [0.25, 0.3) is 0 Å². The molecule has 1 aliphatic rings. The topological polar surface area (TPSA) is 45.3 Å². The van der Waals surface area contributed by atoms with Crippen molar-refractivity contribution in [1.29, 1.82) is 5.26 Å². The molecule has 3 nitrogen and oxygen atoms in total. The Kier molecular flexibility index (Phi) is 3.33. The second kappa shape index (κ2) is 4.91. The maximum absolute atomic E-state index is 11.9. The third-order valence-corrected chi connectivity index (χ3v) is 3.06. The lowest BCUT2D eigenvalue weighted by Gasteiger charge is -2.10. The van der Waals surface area contributed by atoms with Gasteiger partial charge in [-0.25, -0.2) is 0 Å². The highest BCUT2D eigenvalue weighted by atomic mass is 16.1. The van der Waals surface area contributed by atoms with E-state index in [4.69, 9.17) is 5.26 Å². The van der Waals surface area contributed by atoms with Gasteiger partial charge in [0.15, 0.2) is 0 Å². The van der Waals surface area contributed by atoms with E-state index in [0.29, 0.717) is 12.1 Å². The molecule has 0 bridgehead atoms. The van der Waals surface area contributed by atoms with Gasteiger partial charge in [-0.3, -0.25) is 4.79 Å². The van der Waals surface area contributed by atoms with E-state index in [1.807, 2.05) is 6.07 Å². The van der Waals surface area contributed by atoms with E-state index in [9.17, 15) is 4.79 Å². The van der Waals surface area contributed by atoms with Gasteiger partial charge in [0.25, 0.3) is 0 Å². The SMILES string of the molecule is N#Cc1ccc(C(=O)C[NH+]2CCCC2)cc1. The summed E-state index contributed by atoms with van der Waals surface area (Å²) in [6.45, 7) is 2.82. The van der Waals surface area contributed by atoms with Gasteiger partial charge in [0.2, 0.25) is 5.78 Å². The van der Waals surface area contributed by atoms with E-state index in [2.05, 4.69) is 0 Å². The summed E-state index contributed by atoms with van der Waals surface area (Å²) >= 11 is 0. The Labute approximate surface area is 95.3 Å². The summed E-state index contributed by atoms with van der Waals surface area (Å²) in [5.74, 6) is 0.182. The van der Waals surface area contributed by atoms with Gasteiger partial charge in [0.1, 0.15) is 6.54 Å². The quantitative estimate of drug-likeness (QED) is 0.743. The molecule has 3 heteroatoms. The number of rotatable bonds is 3. The highest BCUT2D eigenvalue weighted by molar-refractivity contribution is 5.96. The smallest absolute Gasteiger partial charge is 0.216 e. The number of carbonyl (C=O) groups excluding carboxylic acids is 1. The van der Waals surface area contributed by atoms with Gasteiger partial charge >= 0.3 is 0 Å². The van der Waals surface area contributed by atoms with E-state index in [0.717, 1.165) is 18.7 Å². The Hall–Kier alpha value is -1.66. The molecule has 0 amide bonds. The van der Waals surface area contributed by atoms with Gasteiger partial charge in [-0.05, 0) is 24.3 Å². The molecule has 1 fully saturated rings. The van der Waals surface area contributed by atoms with Crippen molar-refractivity contribution in [3.8, 4) is 6.07 Å². The minimum Gasteiger partial charge on any atom is -0.328 e. The van der Waals surface area contributed by atoms with Gasteiger partial charge < -0.3 is 4.90 Å². The highest BCUT2D eigenvalue weighted by Crippen LogP contribution is 2.03. The fraction of sp³-hybridized carbons (Fsp3) is 0.385. The van der Waals surface area contributed by atoms with Crippen molar-refractivity contribution in [3.05, 3.63) is 35.4 Å². The molecule has 1 saturated heterocycles. The molecule has 16 heavy (non-hydrogen) atoms. The number of nitrogens with zero attached hydrogens (tertiary/aromatic N) is 1. The summed E-state index contributed by atoms with van der Waals surface area (Å²) in [6, 6.07) is 8.94. The second-order valence-electron chi connectivity index (χ2n) is 4.25. The highest BCUT2D eigenvalue weighted by Gasteiger charge is 2.19. The number of hydrogen-bond donors (Lipinski definition) is 1. The van der Waals surface area contributed by atoms with Gasteiger partial charge in [-0.1, -0.05) is 0 Å². The monoisotopic (exact) mass is 215 g/mol. The largest absolute Gasteiger partial charge is 0.328 e. The lowest BCUT2D eigenvalue weighted by molar-refractivity contribution is -0.878. The molecule has 1 N–H and O–H groups in total. The molecule has 1 heterocycles.